The van der Waals surface area contributed by atoms with Crippen LogP contribution in [0.2, 0.25) is 0 Å². The number of fused-ring (bicyclic) bond motifs is 1. The Balaban J connectivity index is 2.10. The Labute approximate surface area is 146 Å². The molecule has 0 saturated heterocycles. The van der Waals surface area contributed by atoms with Crippen molar-refractivity contribution in [3.8, 4) is 0 Å². The van der Waals surface area contributed by atoms with Gasteiger partial charge in [-0.1, -0.05) is 59.9 Å². The van der Waals surface area contributed by atoms with E-state index in [-0.39, 0.29) is 11.7 Å². The van der Waals surface area contributed by atoms with Crippen LogP contribution in [0.15, 0.2) is 46.9 Å². The van der Waals surface area contributed by atoms with Crippen molar-refractivity contribution in [2.24, 2.45) is 0 Å². The lowest BCUT2D eigenvalue weighted by Gasteiger charge is -2.11. The van der Waals surface area contributed by atoms with Crippen LogP contribution in [0, 0.1) is 0 Å². The summed E-state index contributed by atoms with van der Waals surface area (Å²) in [7, 11) is 0. The van der Waals surface area contributed by atoms with Crippen molar-refractivity contribution < 1.29 is 9.59 Å². The first-order chi connectivity index (χ1) is 9.91. The van der Waals surface area contributed by atoms with Crippen molar-refractivity contribution in [2.75, 3.05) is 5.32 Å². The first-order valence-electron chi connectivity index (χ1n) is 6.04. The Morgan fingerprint density at radius 1 is 1.05 bits per heavy atom. The van der Waals surface area contributed by atoms with E-state index in [1.807, 2.05) is 12.1 Å². The number of carbonyl (C=O) groups is 2. The fourth-order valence-corrected chi connectivity index (χ4v) is 3.33. The van der Waals surface area contributed by atoms with Gasteiger partial charge in [0.2, 0.25) is 0 Å². The summed E-state index contributed by atoms with van der Waals surface area (Å²) in [6.45, 7) is 0. The Morgan fingerprint density at radius 3 is 2.38 bits per heavy atom. The minimum Gasteiger partial charge on any atom is -0.323 e. The quantitative estimate of drug-likeness (QED) is 0.513. The summed E-state index contributed by atoms with van der Waals surface area (Å²) in [5.41, 5.74) is 2.30. The van der Waals surface area contributed by atoms with Crippen LogP contribution in [0.3, 0.4) is 0 Å². The van der Waals surface area contributed by atoms with Gasteiger partial charge in [0.15, 0.2) is 9.02 Å². The predicted octanol–water partition coefficient (Wildman–Crippen LogP) is 4.57. The number of hydrogen-bond donors (Lipinski definition) is 1. The van der Waals surface area contributed by atoms with E-state index in [0.717, 1.165) is 4.47 Å². The lowest BCUT2D eigenvalue weighted by atomic mass is 9.99. The number of rotatable bonds is 2. The van der Waals surface area contributed by atoms with E-state index in [9.17, 15) is 9.59 Å². The van der Waals surface area contributed by atoms with Crippen molar-refractivity contribution in [1.82, 2.24) is 0 Å². The molecule has 1 amide bonds. The second-order valence-electron chi connectivity index (χ2n) is 4.59. The number of nitrogens with one attached hydrogen (secondary N) is 1. The molecule has 2 aromatic rings. The third kappa shape index (κ3) is 2.49. The summed E-state index contributed by atoms with van der Waals surface area (Å²) in [5, 5.41) is 2.76. The molecule has 0 aromatic heterocycles. The summed E-state index contributed by atoms with van der Waals surface area (Å²) < 4.78 is -0.0729. The second-order valence-corrected chi connectivity index (χ2v) is 8.95. The molecule has 3 rings (SSSR count). The highest BCUT2D eigenvalue weighted by Crippen LogP contribution is 2.48. The minimum absolute atomic E-state index is 0.127. The van der Waals surface area contributed by atoms with E-state index in [0.29, 0.717) is 22.4 Å². The number of halogens is 3. The number of amides is 1. The minimum atomic E-state index is -0.981. The summed E-state index contributed by atoms with van der Waals surface area (Å²) in [6, 6.07) is 12.4. The van der Waals surface area contributed by atoms with Crippen molar-refractivity contribution in [2.45, 2.75) is 3.23 Å². The average Bonchev–Trinajstić information content (AvgIpc) is 2.69. The first-order valence-corrected chi connectivity index (χ1v) is 8.42. The normalized spacial score (nSPS) is 15.5. The Morgan fingerprint density at radius 2 is 1.71 bits per heavy atom. The molecule has 2 aromatic carbocycles. The van der Waals surface area contributed by atoms with Gasteiger partial charge in [0, 0.05) is 21.2 Å². The number of hydrogen-bond acceptors (Lipinski definition) is 2. The van der Waals surface area contributed by atoms with Gasteiger partial charge in [0.25, 0.3) is 5.91 Å². The van der Waals surface area contributed by atoms with Crippen LogP contribution in [-0.4, -0.2) is 11.7 Å². The van der Waals surface area contributed by atoms with Crippen molar-refractivity contribution in [1.29, 1.82) is 0 Å². The molecule has 0 bridgehead atoms. The summed E-state index contributed by atoms with van der Waals surface area (Å²) >= 11 is 10.0. The van der Waals surface area contributed by atoms with E-state index in [2.05, 4.69) is 53.1 Å². The zero-order valence-electron chi connectivity index (χ0n) is 10.5. The molecule has 0 atom stereocenters. The fourth-order valence-electron chi connectivity index (χ4n) is 2.21. The highest BCUT2D eigenvalue weighted by atomic mass is 79.9. The summed E-state index contributed by atoms with van der Waals surface area (Å²) in [5.74, 6) is -0.370. The largest absolute Gasteiger partial charge is 0.323 e. The number of alkyl halides is 2. The molecular weight excluding hydrogens is 466 g/mol. The molecule has 1 N–H and O–H groups in total. The molecule has 1 aliphatic heterocycles. The van der Waals surface area contributed by atoms with Crippen LogP contribution in [0.25, 0.3) is 0 Å². The van der Waals surface area contributed by atoms with E-state index in [1.54, 1.807) is 30.3 Å². The van der Waals surface area contributed by atoms with Gasteiger partial charge in [-0.25, -0.2) is 0 Å². The standard InChI is InChI=1S/C15H8Br3NO2/c16-9-6-4-8(5-7-9)13(20)10-2-1-3-11-12(10)19-14(21)15(11,17)18/h1-7H,(H,19,21). The first kappa shape index (κ1) is 14.9. The number of para-hydroxylation sites is 1. The Hall–Kier alpha value is -0.980. The topological polar surface area (TPSA) is 46.2 Å². The van der Waals surface area contributed by atoms with Gasteiger partial charge in [0.05, 0.1) is 5.69 Å². The Kier molecular flexibility index (Phi) is 3.80. The lowest BCUT2D eigenvalue weighted by molar-refractivity contribution is -0.115. The van der Waals surface area contributed by atoms with Gasteiger partial charge >= 0.3 is 0 Å². The van der Waals surface area contributed by atoms with Crippen LogP contribution in [-0.2, 0) is 8.03 Å². The number of ketones is 1. The molecule has 0 fully saturated rings. The monoisotopic (exact) mass is 471 g/mol. The molecule has 0 spiro atoms. The lowest BCUT2D eigenvalue weighted by Crippen LogP contribution is -2.20. The zero-order chi connectivity index (χ0) is 15.2. The Bertz CT molecular complexity index is 754. The van der Waals surface area contributed by atoms with Crippen LogP contribution in [0.5, 0.6) is 0 Å². The maximum absolute atomic E-state index is 12.6. The molecule has 1 heterocycles. The molecule has 106 valence electrons. The average molecular weight is 474 g/mol. The molecule has 0 radical (unpaired) electrons. The smallest absolute Gasteiger partial charge is 0.256 e. The predicted molar refractivity (Wildman–Crippen MR) is 92.2 cm³/mol. The van der Waals surface area contributed by atoms with Crippen LogP contribution in [0.1, 0.15) is 21.5 Å². The van der Waals surface area contributed by atoms with Gasteiger partial charge in [0.1, 0.15) is 0 Å². The molecule has 21 heavy (non-hydrogen) atoms. The molecule has 1 aliphatic rings. The zero-order valence-corrected chi connectivity index (χ0v) is 15.2. The fraction of sp³-hybridized carbons (Fsp3) is 0.0667. The van der Waals surface area contributed by atoms with Crippen LogP contribution in [0.4, 0.5) is 5.69 Å². The van der Waals surface area contributed by atoms with E-state index < -0.39 is 3.23 Å². The SMILES string of the molecule is O=C(c1ccc(Br)cc1)c1cccc2c1NC(=O)C2(Br)Br. The molecular formula is C15H8Br3NO2. The molecule has 0 unspecified atom stereocenters. The molecule has 0 aliphatic carbocycles. The van der Waals surface area contributed by atoms with Crippen molar-refractivity contribution in [3.63, 3.8) is 0 Å². The highest BCUT2D eigenvalue weighted by molar-refractivity contribution is 9.25. The maximum atomic E-state index is 12.6. The third-order valence-electron chi connectivity index (χ3n) is 3.28. The van der Waals surface area contributed by atoms with Crippen molar-refractivity contribution >= 4 is 65.2 Å². The highest BCUT2D eigenvalue weighted by Gasteiger charge is 2.44. The number of carbonyl (C=O) groups excluding carboxylic acids is 2. The van der Waals surface area contributed by atoms with Crippen LogP contribution < -0.4 is 5.32 Å². The van der Waals surface area contributed by atoms with E-state index in [1.165, 1.54) is 0 Å². The van der Waals surface area contributed by atoms with E-state index >= 15 is 0 Å². The van der Waals surface area contributed by atoms with Gasteiger partial charge < -0.3 is 5.32 Å². The summed E-state index contributed by atoms with van der Waals surface area (Å²) in [6.07, 6.45) is 0. The van der Waals surface area contributed by atoms with E-state index in [4.69, 9.17) is 0 Å². The number of benzene rings is 2. The van der Waals surface area contributed by atoms with Gasteiger partial charge in [-0.3, -0.25) is 9.59 Å². The third-order valence-corrected chi connectivity index (χ3v) is 5.38. The maximum Gasteiger partial charge on any atom is 0.256 e. The van der Waals surface area contributed by atoms with Crippen molar-refractivity contribution in [3.05, 3.63) is 63.6 Å². The summed E-state index contributed by atoms with van der Waals surface area (Å²) in [4.78, 5) is 24.6. The molecule has 3 nitrogen and oxygen atoms in total. The molecule has 0 saturated carbocycles. The van der Waals surface area contributed by atoms with Crippen LogP contribution >= 0.6 is 47.8 Å². The van der Waals surface area contributed by atoms with Gasteiger partial charge in [-0.15, -0.1) is 0 Å². The number of anilines is 1. The van der Waals surface area contributed by atoms with Gasteiger partial charge in [-0.2, -0.15) is 0 Å². The van der Waals surface area contributed by atoms with Gasteiger partial charge in [-0.05, 0) is 30.3 Å². The second kappa shape index (κ2) is 5.34. The molecule has 6 heteroatoms.